The normalized spacial score (nSPS) is 11.5. The Kier molecular flexibility index (Phi) is 5.36. The third-order valence-corrected chi connectivity index (χ3v) is 2.84. The quantitative estimate of drug-likeness (QED) is 0.656. The molecule has 0 saturated carbocycles. The molecule has 5 heteroatoms. The molecule has 0 aliphatic rings. The van der Waals surface area contributed by atoms with Gasteiger partial charge in [0.05, 0.1) is 12.6 Å². The molecule has 0 spiro atoms. The van der Waals surface area contributed by atoms with Crippen LogP contribution in [0.15, 0.2) is 53.5 Å². The summed E-state index contributed by atoms with van der Waals surface area (Å²) in [4.78, 5) is 4.22. The SMILES string of the molecule is CC(C)Oc1ccc(NC(N)=NCc2ccc(F)cc2)cc1. The topological polar surface area (TPSA) is 59.6 Å². The number of hydrogen-bond donors (Lipinski definition) is 2. The summed E-state index contributed by atoms with van der Waals surface area (Å²) in [5, 5.41) is 3.00. The van der Waals surface area contributed by atoms with E-state index in [2.05, 4.69) is 10.3 Å². The molecule has 2 rings (SSSR count). The van der Waals surface area contributed by atoms with Gasteiger partial charge in [-0.3, -0.25) is 0 Å². The lowest BCUT2D eigenvalue weighted by Crippen LogP contribution is -2.22. The largest absolute Gasteiger partial charge is 0.491 e. The molecule has 0 atom stereocenters. The minimum absolute atomic E-state index is 0.140. The van der Waals surface area contributed by atoms with Gasteiger partial charge in [0, 0.05) is 5.69 Å². The first kappa shape index (κ1) is 15.8. The molecule has 0 amide bonds. The van der Waals surface area contributed by atoms with Gasteiger partial charge in [0.1, 0.15) is 11.6 Å². The number of aliphatic imine (C=N–C) groups is 1. The third-order valence-electron chi connectivity index (χ3n) is 2.84. The van der Waals surface area contributed by atoms with Crippen molar-refractivity contribution < 1.29 is 9.13 Å². The Morgan fingerprint density at radius 3 is 2.36 bits per heavy atom. The molecule has 0 heterocycles. The fourth-order valence-corrected chi connectivity index (χ4v) is 1.84. The van der Waals surface area contributed by atoms with Gasteiger partial charge in [0.25, 0.3) is 0 Å². The van der Waals surface area contributed by atoms with Crippen molar-refractivity contribution in [3.8, 4) is 5.75 Å². The molecule has 2 aromatic rings. The molecular weight excluding hydrogens is 281 g/mol. The maximum absolute atomic E-state index is 12.8. The average Bonchev–Trinajstić information content (AvgIpc) is 2.48. The molecule has 3 N–H and O–H groups in total. The molecule has 0 bridgehead atoms. The second-order valence-corrected chi connectivity index (χ2v) is 5.14. The van der Waals surface area contributed by atoms with Crippen molar-refractivity contribution in [1.82, 2.24) is 0 Å². The third kappa shape index (κ3) is 5.09. The maximum atomic E-state index is 12.8. The summed E-state index contributed by atoms with van der Waals surface area (Å²) < 4.78 is 18.4. The molecule has 2 aromatic carbocycles. The van der Waals surface area contributed by atoms with Gasteiger partial charge < -0.3 is 15.8 Å². The molecule has 0 aromatic heterocycles. The number of ether oxygens (including phenoxy) is 1. The predicted octanol–water partition coefficient (Wildman–Crippen LogP) is 3.54. The Bertz CT molecular complexity index is 621. The van der Waals surface area contributed by atoms with Crippen LogP contribution >= 0.6 is 0 Å². The standard InChI is InChI=1S/C17H20FN3O/c1-12(2)22-16-9-7-15(8-10-16)21-17(19)20-11-13-3-5-14(18)6-4-13/h3-10,12H,11H2,1-2H3,(H3,19,20,21). The monoisotopic (exact) mass is 301 g/mol. The van der Waals surface area contributed by atoms with Gasteiger partial charge in [-0.15, -0.1) is 0 Å². The second kappa shape index (κ2) is 7.45. The Morgan fingerprint density at radius 1 is 1.14 bits per heavy atom. The van der Waals surface area contributed by atoms with Gasteiger partial charge in [-0.25, -0.2) is 9.38 Å². The summed E-state index contributed by atoms with van der Waals surface area (Å²) in [5.41, 5.74) is 7.56. The summed E-state index contributed by atoms with van der Waals surface area (Å²) in [7, 11) is 0. The zero-order valence-corrected chi connectivity index (χ0v) is 12.7. The minimum atomic E-state index is -0.262. The molecule has 0 aliphatic heterocycles. The van der Waals surface area contributed by atoms with Crippen molar-refractivity contribution in [2.45, 2.75) is 26.5 Å². The van der Waals surface area contributed by atoms with E-state index in [1.807, 2.05) is 38.1 Å². The van der Waals surface area contributed by atoms with Gasteiger partial charge in [0.15, 0.2) is 5.96 Å². The summed E-state index contributed by atoms with van der Waals surface area (Å²) in [6.45, 7) is 4.35. The molecule has 0 aliphatic carbocycles. The van der Waals surface area contributed by atoms with E-state index in [4.69, 9.17) is 10.5 Å². The highest BCUT2D eigenvalue weighted by atomic mass is 19.1. The van der Waals surface area contributed by atoms with Crippen LogP contribution < -0.4 is 15.8 Å². The van der Waals surface area contributed by atoms with Gasteiger partial charge >= 0.3 is 0 Å². The zero-order chi connectivity index (χ0) is 15.9. The summed E-state index contributed by atoms with van der Waals surface area (Å²) >= 11 is 0. The van der Waals surface area contributed by atoms with Crippen molar-refractivity contribution in [1.29, 1.82) is 0 Å². The number of anilines is 1. The first-order chi connectivity index (χ1) is 10.5. The molecule has 0 saturated heterocycles. The van der Waals surface area contributed by atoms with Crippen molar-refractivity contribution in [3.63, 3.8) is 0 Å². The van der Waals surface area contributed by atoms with Gasteiger partial charge in [-0.05, 0) is 55.8 Å². The lowest BCUT2D eigenvalue weighted by atomic mass is 10.2. The molecule has 116 valence electrons. The highest BCUT2D eigenvalue weighted by Gasteiger charge is 1.99. The summed E-state index contributed by atoms with van der Waals surface area (Å²) in [5.74, 6) is 0.853. The van der Waals surface area contributed by atoms with Crippen molar-refractivity contribution >= 4 is 11.6 Å². The second-order valence-electron chi connectivity index (χ2n) is 5.14. The predicted molar refractivity (Wildman–Crippen MR) is 87.6 cm³/mol. The number of halogens is 1. The van der Waals surface area contributed by atoms with E-state index in [1.165, 1.54) is 12.1 Å². The van der Waals surface area contributed by atoms with Crippen molar-refractivity contribution in [2.75, 3.05) is 5.32 Å². The Hall–Kier alpha value is -2.56. The molecule has 0 radical (unpaired) electrons. The first-order valence-corrected chi connectivity index (χ1v) is 7.11. The molecule has 0 unspecified atom stereocenters. The maximum Gasteiger partial charge on any atom is 0.193 e. The van der Waals surface area contributed by atoms with E-state index in [1.54, 1.807) is 12.1 Å². The van der Waals surface area contributed by atoms with E-state index in [9.17, 15) is 4.39 Å². The minimum Gasteiger partial charge on any atom is -0.491 e. The van der Waals surface area contributed by atoms with E-state index >= 15 is 0 Å². The first-order valence-electron chi connectivity index (χ1n) is 7.11. The lowest BCUT2D eigenvalue weighted by Gasteiger charge is -2.11. The number of guanidine groups is 1. The van der Waals surface area contributed by atoms with Crippen LogP contribution in [0.1, 0.15) is 19.4 Å². The zero-order valence-electron chi connectivity index (χ0n) is 12.7. The van der Waals surface area contributed by atoms with Crippen LogP contribution in [0, 0.1) is 5.82 Å². The Morgan fingerprint density at radius 2 is 1.77 bits per heavy atom. The van der Waals surface area contributed by atoms with Gasteiger partial charge in [0.2, 0.25) is 0 Å². The molecule has 22 heavy (non-hydrogen) atoms. The van der Waals surface area contributed by atoms with Crippen LogP contribution in [0.5, 0.6) is 5.75 Å². The fraction of sp³-hybridized carbons (Fsp3) is 0.235. The van der Waals surface area contributed by atoms with Crippen LogP contribution in [0.4, 0.5) is 10.1 Å². The molecular formula is C17H20FN3O. The van der Waals surface area contributed by atoms with Gasteiger partial charge in [-0.1, -0.05) is 12.1 Å². The van der Waals surface area contributed by atoms with E-state index in [0.717, 1.165) is 17.0 Å². The van der Waals surface area contributed by atoms with Crippen LogP contribution in [-0.2, 0) is 6.54 Å². The number of rotatable bonds is 5. The Labute approximate surface area is 129 Å². The van der Waals surface area contributed by atoms with E-state index in [0.29, 0.717) is 12.5 Å². The van der Waals surface area contributed by atoms with Crippen LogP contribution in [-0.4, -0.2) is 12.1 Å². The smallest absolute Gasteiger partial charge is 0.193 e. The lowest BCUT2D eigenvalue weighted by molar-refractivity contribution is 0.242. The van der Waals surface area contributed by atoms with Crippen LogP contribution in [0.25, 0.3) is 0 Å². The van der Waals surface area contributed by atoms with Crippen molar-refractivity contribution in [2.24, 2.45) is 10.7 Å². The number of nitrogens with two attached hydrogens (primary N) is 1. The van der Waals surface area contributed by atoms with Gasteiger partial charge in [-0.2, -0.15) is 0 Å². The number of hydrogen-bond acceptors (Lipinski definition) is 2. The highest BCUT2D eigenvalue weighted by Crippen LogP contribution is 2.16. The van der Waals surface area contributed by atoms with Crippen LogP contribution in [0.3, 0.4) is 0 Å². The van der Waals surface area contributed by atoms with E-state index < -0.39 is 0 Å². The molecule has 0 fully saturated rings. The molecule has 4 nitrogen and oxygen atoms in total. The van der Waals surface area contributed by atoms with Crippen molar-refractivity contribution in [3.05, 3.63) is 59.9 Å². The number of nitrogens with one attached hydrogen (secondary N) is 1. The summed E-state index contributed by atoms with van der Waals surface area (Å²) in [6.07, 6.45) is 0.140. The van der Waals surface area contributed by atoms with Crippen LogP contribution in [0.2, 0.25) is 0 Å². The van der Waals surface area contributed by atoms with E-state index in [-0.39, 0.29) is 11.9 Å². The summed E-state index contributed by atoms with van der Waals surface area (Å²) in [6, 6.07) is 13.7. The fourth-order valence-electron chi connectivity index (χ4n) is 1.84. The Balaban J connectivity index is 1.91. The average molecular weight is 301 g/mol. The number of benzene rings is 2. The number of nitrogens with zero attached hydrogens (tertiary/aromatic N) is 1. The highest BCUT2D eigenvalue weighted by molar-refractivity contribution is 5.92.